The highest BCUT2D eigenvalue weighted by Crippen LogP contribution is 2.23. The lowest BCUT2D eigenvalue weighted by atomic mass is 10.2. The molecule has 0 unspecified atom stereocenters. The number of halogens is 1. The highest BCUT2D eigenvalue weighted by atomic mass is 35.5. The van der Waals surface area contributed by atoms with E-state index in [2.05, 4.69) is 5.32 Å². The van der Waals surface area contributed by atoms with Crippen LogP contribution in [0, 0.1) is 0 Å². The van der Waals surface area contributed by atoms with Crippen molar-refractivity contribution in [3.05, 3.63) is 28.8 Å². The lowest BCUT2D eigenvalue weighted by Gasteiger charge is -2.27. The van der Waals surface area contributed by atoms with Gasteiger partial charge in [0, 0.05) is 26.2 Å². The number of aromatic hydroxyl groups is 1. The number of ether oxygens (including phenoxy) is 1. The molecular formula is C17H27ClN2O3. The summed E-state index contributed by atoms with van der Waals surface area (Å²) in [4.78, 5) is 13.8. The van der Waals surface area contributed by atoms with E-state index in [1.165, 1.54) is 0 Å². The van der Waals surface area contributed by atoms with E-state index >= 15 is 0 Å². The number of rotatable bonds is 7. The Kier molecular flexibility index (Phi) is 7.65. The van der Waals surface area contributed by atoms with Gasteiger partial charge in [-0.25, -0.2) is 4.79 Å². The topological polar surface area (TPSA) is 61.8 Å². The maximum atomic E-state index is 12.1. The summed E-state index contributed by atoms with van der Waals surface area (Å²) >= 11 is 5.87. The highest BCUT2D eigenvalue weighted by molar-refractivity contribution is 6.32. The molecule has 0 aliphatic rings. The van der Waals surface area contributed by atoms with Gasteiger partial charge in [-0.05, 0) is 44.9 Å². The molecule has 1 amide bonds. The maximum Gasteiger partial charge on any atom is 0.410 e. The van der Waals surface area contributed by atoms with Crippen molar-refractivity contribution in [2.75, 3.05) is 19.6 Å². The number of nitrogens with one attached hydrogen (secondary N) is 1. The van der Waals surface area contributed by atoms with E-state index in [1.807, 2.05) is 33.8 Å². The number of hydrogen-bond acceptors (Lipinski definition) is 4. The highest BCUT2D eigenvalue weighted by Gasteiger charge is 2.21. The monoisotopic (exact) mass is 342 g/mol. The summed E-state index contributed by atoms with van der Waals surface area (Å²) in [7, 11) is 0. The van der Waals surface area contributed by atoms with Gasteiger partial charge < -0.3 is 20.1 Å². The van der Waals surface area contributed by atoms with Crippen LogP contribution >= 0.6 is 11.6 Å². The summed E-state index contributed by atoms with van der Waals surface area (Å²) < 4.78 is 5.41. The molecule has 0 atom stereocenters. The van der Waals surface area contributed by atoms with Crippen molar-refractivity contribution in [3.8, 4) is 5.75 Å². The zero-order chi connectivity index (χ0) is 17.5. The molecule has 0 saturated heterocycles. The number of phenolic OH excluding ortho intramolecular Hbond substituents is 1. The van der Waals surface area contributed by atoms with Crippen LogP contribution in [0.5, 0.6) is 5.75 Å². The summed E-state index contributed by atoms with van der Waals surface area (Å²) in [5.74, 6) is 0.0782. The summed E-state index contributed by atoms with van der Waals surface area (Å²) in [6.07, 6.45) is 0.598. The molecule has 0 aliphatic heterocycles. The molecule has 6 heteroatoms. The van der Waals surface area contributed by atoms with Crippen LogP contribution in [0.2, 0.25) is 5.02 Å². The zero-order valence-electron chi connectivity index (χ0n) is 14.4. The standard InChI is InChI=1S/C17H27ClN2O3/c1-5-9-20(16(22)23-17(2,3)4)10-8-19-12-13-6-7-15(21)14(18)11-13/h6-7,11,19,21H,5,8-10,12H2,1-4H3. The van der Waals surface area contributed by atoms with Crippen LogP contribution in [0.4, 0.5) is 4.79 Å². The van der Waals surface area contributed by atoms with E-state index in [0.29, 0.717) is 31.2 Å². The molecule has 0 aromatic heterocycles. The summed E-state index contributed by atoms with van der Waals surface area (Å²) in [6, 6.07) is 5.11. The second-order valence-corrected chi connectivity index (χ2v) is 6.84. The third kappa shape index (κ3) is 7.57. The van der Waals surface area contributed by atoms with Crippen molar-refractivity contribution < 1.29 is 14.6 Å². The van der Waals surface area contributed by atoms with Crippen molar-refractivity contribution in [2.24, 2.45) is 0 Å². The fraction of sp³-hybridized carbons (Fsp3) is 0.588. The van der Waals surface area contributed by atoms with Gasteiger partial charge in [-0.15, -0.1) is 0 Å². The normalized spacial score (nSPS) is 11.3. The number of carbonyl (C=O) groups is 1. The zero-order valence-corrected chi connectivity index (χ0v) is 15.1. The third-order valence-corrected chi connectivity index (χ3v) is 3.35. The summed E-state index contributed by atoms with van der Waals surface area (Å²) in [5.41, 5.74) is 0.492. The molecule has 0 saturated carbocycles. The Balaban J connectivity index is 2.43. The van der Waals surface area contributed by atoms with E-state index in [4.69, 9.17) is 16.3 Å². The largest absolute Gasteiger partial charge is 0.506 e. The van der Waals surface area contributed by atoms with E-state index in [0.717, 1.165) is 12.0 Å². The number of carbonyl (C=O) groups excluding carboxylic acids is 1. The first kappa shape index (κ1) is 19.6. The minimum absolute atomic E-state index is 0.0782. The van der Waals surface area contributed by atoms with Gasteiger partial charge in [-0.3, -0.25) is 0 Å². The Labute approximate surface area is 143 Å². The van der Waals surface area contributed by atoms with Crippen molar-refractivity contribution in [1.29, 1.82) is 0 Å². The number of nitrogens with zero attached hydrogens (tertiary/aromatic N) is 1. The van der Waals surface area contributed by atoms with Gasteiger partial charge in [0.25, 0.3) is 0 Å². The second kappa shape index (κ2) is 8.99. The Hall–Kier alpha value is -1.46. The molecule has 5 nitrogen and oxygen atoms in total. The van der Waals surface area contributed by atoms with Crippen molar-refractivity contribution >= 4 is 17.7 Å². The van der Waals surface area contributed by atoms with Gasteiger partial charge in [0.2, 0.25) is 0 Å². The minimum Gasteiger partial charge on any atom is -0.506 e. The molecule has 1 rings (SSSR count). The maximum absolute atomic E-state index is 12.1. The molecule has 0 bridgehead atoms. The molecule has 1 aromatic carbocycles. The van der Waals surface area contributed by atoms with Crippen molar-refractivity contribution in [3.63, 3.8) is 0 Å². The van der Waals surface area contributed by atoms with Gasteiger partial charge in [-0.2, -0.15) is 0 Å². The SMILES string of the molecule is CCCN(CCNCc1ccc(O)c(Cl)c1)C(=O)OC(C)(C)C. The fourth-order valence-corrected chi connectivity index (χ4v) is 2.20. The van der Waals surface area contributed by atoms with E-state index in [1.54, 1.807) is 17.0 Å². The molecule has 0 radical (unpaired) electrons. The van der Waals surface area contributed by atoms with Crippen LogP contribution in [0.15, 0.2) is 18.2 Å². The van der Waals surface area contributed by atoms with Gasteiger partial charge in [0.1, 0.15) is 11.4 Å². The van der Waals surface area contributed by atoms with Gasteiger partial charge in [0.05, 0.1) is 5.02 Å². The number of benzene rings is 1. The van der Waals surface area contributed by atoms with Crippen LogP contribution in [0.1, 0.15) is 39.7 Å². The lowest BCUT2D eigenvalue weighted by Crippen LogP contribution is -2.40. The first-order chi connectivity index (χ1) is 10.7. The van der Waals surface area contributed by atoms with Crippen LogP contribution in [0.25, 0.3) is 0 Å². The number of hydrogen-bond donors (Lipinski definition) is 2. The smallest absolute Gasteiger partial charge is 0.410 e. The second-order valence-electron chi connectivity index (χ2n) is 6.43. The quantitative estimate of drug-likeness (QED) is 0.740. The van der Waals surface area contributed by atoms with E-state index in [-0.39, 0.29) is 11.8 Å². The molecular weight excluding hydrogens is 316 g/mol. The average Bonchev–Trinajstić information content (AvgIpc) is 2.44. The molecule has 1 aromatic rings. The van der Waals surface area contributed by atoms with Crippen molar-refractivity contribution in [1.82, 2.24) is 10.2 Å². The first-order valence-electron chi connectivity index (χ1n) is 7.89. The Morgan fingerprint density at radius 1 is 1.35 bits per heavy atom. The average molecular weight is 343 g/mol. The first-order valence-corrected chi connectivity index (χ1v) is 8.26. The predicted molar refractivity (Wildman–Crippen MR) is 92.9 cm³/mol. The Morgan fingerprint density at radius 3 is 2.61 bits per heavy atom. The molecule has 0 heterocycles. The fourth-order valence-electron chi connectivity index (χ4n) is 2.00. The minimum atomic E-state index is -0.487. The molecule has 130 valence electrons. The van der Waals surface area contributed by atoms with Crippen LogP contribution in [0.3, 0.4) is 0 Å². The Bertz CT molecular complexity index is 515. The third-order valence-electron chi connectivity index (χ3n) is 3.04. The summed E-state index contributed by atoms with van der Waals surface area (Å²) in [5, 5.41) is 13.0. The van der Waals surface area contributed by atoms with Crippen LogP contribution in [-0.2, 0) is 11.3 Å². The Morgan fingerprint density at radius 2 is 2.04 bits per heavy atom. The molecule has 0 fully saturated rings. The molecule has 0 aliphatic carbocycles. The summed E-state index contributed by atoms with van der Waals surface area (Å²) in [6.45, 7) is 10.1. The predicted octanol–water partition coefficient (Wildman–Crippen LogP) is 3.78. The van der Waals surface area contributed by atoms with E-state index < -0.39 is 5.60 Å². The van der Waals surface area contributed by atoms with Gasteiger partial charge in [0.15, 0.2) is 0 Å². The molecule has 23 heavy (non-hydrogen) atoms. The lowest BCUT2D eigenvalue weighted by molar-refractivity contribution is 0.0252. The number of amides is 1. The van der Waals surface area contributed by atoms with Crippen LogP contribution in [-0.4, -0.2) is 41.3 Å². The number of phenols is 1. The molecule has 0 spiro atoms. The molecule has 2 N–H and O–H groups in total. The van der Waals surface area contributed by atoms with Gasteiger partial charge in [-0.1, -0.05) is 24.6 Å². The van der Waals surface area contributed by atoms with Gasteiger partial charge >= 0.3 is 6.09 Å². The van der Waals surface area contributed by atoms with E-state index in [9.17, 15) is 9.90 Å². The van der Waals surface area contributed by atoms with Crippen molar-refractivity contribution in [2.45, 2.75) is 46.3 Å². The van der Waals surface area contributed by atoms with Crippen LogP contribution < -0.4 is 5.32 Å².